The van der Waals surface area contributed by atoms with Gasteiger partial charge in [0.15, 0.2) is 0 Å². The van der Waals surface area contributed by atoms with Gasteiger partial charge in [-0.25, -0.2) is 0 Å². The molecule has 0 unspecified atom stereocenters. The van der Waals surface area contributed by atoms with Gasteiger partial charge in [0.25, 0.3) is 0 Å². The molecule has 76 valence electrons. The van der Waals surface area contributed by atoms with Crippen molar-refractivity contribution >= 4 is 12.1 Å². The van der Waals surface area contributed by atoms with Crippen LogP contribution in [-0.2, 0) is 9.59 Å². The Morgan fingerprint density at radius 3 is 2.62 bits per heavy atom. The van der Waals surface area contributed by atoms with Crippen molar-refractivity contribution in [3.63, 3.8) is 0 Å². The number of carbonyl (C=O) groups excluding carboxylic acids is 2. The minimum absolute atomic E-state index is 0.0240. The average Bonchev–Trinajstić information content (AvgIpc) is 2.14. The Hall–Kier alpha value is -0.740. The lowest BCUT2D eigenvalue weighted by Crippen LogP contribution is -2.30. The molecule has 0 spiro atoms. The molecule has 13 heavy (non-hydrogen) atoms. The highest BCUT2D eigenvalue weighted by Gasteiger charge is 2.11. The molecule has 4 heteroatoms. The lowest BCUT2D eigenvalue weighted by Gasteiger charge is -2.08. The minimum Gasteiger partial charge on any atom is -0.330 e. The summed E-state index contributed by atoms with van der Waals surface area (Å²) in [6.07, 6.45) is 3.75. The monoisotopic (exact) mass is 186 g/mol. The summed E-state index contributed by atoms with van der Waals surface area (Å²) in [6, 6.07) is -0.411. The van der Waals surface area contributed by atoms with Crippen LogP contribution in [0.2, 0.25) is 0 Å². The van der Waals surface area contributed by atoms with Gasteiger partial charge in [0.05, 0.1) is 6.04 Å². The van der Waals surface area contributed by atoms with Crippen LogP contribution in [0.15, 0.2) is 0 Å². The van der Waals surface area contributed by atoms with Crippen LogP contribution in [0.4, 0.5) is 0 Å². The maximum Gasteiger partial charge on any atom is 0.149 e. The predicted molar refractivity (Wildman–Crippen MR) is 51.2 cm³/mol. The van der Waals surface area contributed by atoms with Gasteiger partial charge in [-0.05, 0) is 19.4 Å². The molecule has 0 heterocycles. The molecule has 0 aliphatic heterocycles. The van der Waals surface area contributed by atoms with E-state index in [2.05, 4.69) is 0 Å². The van der Waals surface area contributed by atoms with Crippen molar-refractivity contribution in [2.24, 2.45) is 11.5 Å². The standard InChI is InChI=1S/C9H18N2O2/c10-6-2-1-4-8(11)9(13)5-3-7-12/h7-8H,1-6,10-11H2/t8-/m0/s1. The van der Waals surface area contributed by atoms with Crippen molar-refractivity contribution in [2.75, 3.05) is 6.54 Å². The number of ketones is 1. The molecule has 0 aliphatic carbocycles. The molecule has 0 aromatic carbocycles. The topological polar surface area (TPSA) is 86.2 Å². The van der Waals surface area contributed by atoms with E-state index >= 15 is 0 Å². The molecule has 0 saturated heterocycles. The number of hydrogen-bond acceptors (Lipinski definition) is 4. The molecule has 0 rings (SSSR count). The molecule has 1 atom stereocenters. The summed E-state index contributed by atoms with van der Waals surface area (Å²) in [5.41, 5.74) is 10.9. The van der Waals surface area contributed by atoms with Gasteiger partial charge < -0.3 is 16.3 Å². The fourth-order valence-corrected chi connectivity index (χ4v) is 1.06. The molecule has 4 nitrogen and oxygen atoms in total. The molecule has 4 N–H and O–H groups in total. The first-order valence-corrected chi connectivity index (χ1v) is 4.64. The van der Waals surface area contributed by atoms with Gasteiger partial charge in [-0.3, -0.25) is 4.79 Å². The van der Waals surface area contributed by atoms with E-state index < -0.39 is 6.04 Å². The fraction of sp³-hybridized carbons (Fsp3) is 0.778. The lowest BCUT2D eigenvalue weighted by atomic mass is 10.0. The van der Waals surface area contributed by atoms with Crippen molar-refractivity contribution in [2.45, 2.75) is 38.1 Å². The van der Waals surface area contributed by atoms with Crippen LogP contribution in [0.5, 0.6) is 0 Å². The van der Waals surface area contributed by atoms with Crippen molar-refractivity contribution in [1.82, 2.24) is 0 Å². The highest BCUT2D eigenvalue weighted by atomic mass is 16.1. The molecule has 0 bridgehead atoms. The molecule has 0 amide bonds. The molecule has 0 saturated carbocycles. The largest absolute Gasteiger partial charge is 0.330 e. The third kappa shape index (κ3) is 6.42. The first-order valence-electron chi connectivity index (χ1n) is 4.64. The van der Waals surface area contributed by atoms with E-state index in [-0.39, 0.29) is 18.6 Å². The second-order valence-electron chi connectivity index (χ2n) is 3.06. The highest BCUT2D eigenvalue weighted by molar-refractivity contribution is 5.85. The van der Waals surface area contributed by atoms with Gasteiger partial charge in [-0.1, -0.05) is 6.42 Å². The molecular formula is C9H18N2O2. The second kappa shape index (κ2) is 7.89. The van der Waals surface area contributed by atoms with Gasteiger partial charge in [-0.15, -0.1) is 0 Å². The molecule has 0 aliphatic rings. The quantitative estimate of drug-likeness (QED) is 0.412. The second-order valence-corrected chi connectivity index (χ2v) is 3.06. The van der Waals surface area contributed by atoms with E-state index in [0.717, 1.165) is 19.1 Å². The van der Waals surface area contributed by atoms with E-state index in [1.54, 1.807) is 0 Å². The Kier molecular flexibility index (Phi) is 7.44. The van der Waals surface area contributed by atoms with Gasteiger partial charge in [-0.2, -0.15) is 0 Å². The SMILES string of the molecule is NCCCC[C@H](N)C(=O)CCC=O. The summed E-state index contributed by atoms with van der Waals surface area (Å²) in [4.78, 5) is 21.2. The normalized spacial score (nSPS) is 12.5. The third-order valence-electron chi connectivity index (χ3n) is 1.89. The van der Waals surface area contributed by atoms with Crippen LogP contribution >= 0.6 is 0 Å². The maximum absolute atomic E-state index is 11.2. The fourth-order valence-electron chi connectivity index (χ4n) is 1.06. The van der Waals surface area contributed by atoms with E-state index in [1.807, 2.05) is 0 Å². The Labute approximate surface area is 78.7 Å². The number of hydrogen-bond donors (Lipinski definition) is 2. The Bertz CT molecular complexity index is 160. The van der Waals surface area contributed by atoms with Crippen LogP contribution in [0.3, 0.4) is 0 Å². The van der Waals surface area contributed by atoms with E-state index in [4.69, 9.17) is 11.5 Å². The van der Waals surface area contributed by atoms with Crippen LogP contribution in [0.1, 0.15) is 32.1 Å². The number of Topliss-reactive ketones (excluding diaryl/α,β-unsaturated/α-hetero) is 1. The Morgan fingerprint density at radius 2 is 2.08 bits per heavy atom. The molecule has 0 aromatic rings. The van der Waals surface area contributed by atoms with Crippen molar-refractivity contribution < 1.29 is 9.59 Å². The number of nitrogens with two attached hydrogens (primary N) is 2. The lowest BCUT2D eigenvalue weighted by molar-refractivity contribution is -0.122. The zero-order chi connectivity index (χ0) is 10.1. The average molecular weight is 186 g/mol. The minimum atomic E-state index is -0.411. The van der Waals surface area contributed by atoms with Crippen LogP contribution in [0, 0.1) is 0 Å². The summed E-state index contributed by atoms with van der Waals surface area (Å²) in [6.45, 7) is 0.634. The van der Waals surface area contributed by atoms with Crippen molar-refractivity contribution in [3.8, 4) is 0 Å². The van der Waals surface area contributed by atoms with Crippen molar-refractivity contribution in [3.05, 3.63) is 0 Å². The first-order chi connectivity index (χ1) is 6.22. The molecule has 0 radical (unpaired) electrons. The van der Waals surface area contributed by atoms with Gasteiger partial charge in [0.1, 0.15) is 12.1 Å². The number of unbranched alkanes of at least 4 members (excludes halogenated alkanes) is 1. The predicted octanol–water partition coefficient (Wildman–Crippen LogP) is -0.00910. The molecule has 0 fully saturated rings. The number of carbonyl (C=O) groups is 2. The first kappa shape index (κ1) is 12.3. The van der Waals surface area contributed by atoms with Crippen molar-refractivity contribution in [1.29, 1.82) is 0 Å². The third-order valence-corrected chi connectivity index (χ3v) is 1.89. The van der Waals surface area contributed by atoms with E-state index in [1.165, 1.54) is 0 Å². The summed E-state index contributed by atoms with van der Waals surface area (Å²) in [7, 11) is 0. The Morgan fingerprint density at radius 1 is 1.38 bits per heavy atom. The van der Waals surface area contributed by atoms with Crippen LogP contribution < -0.4 is 11.5 Å². The summed E-state index contributed by atoms with van der Waals surface area (Å²) in [5, 5.41) is 0. The molecule has 0 aromatic heterocycles. The summed E-state index contributed by atoms with van der Waals surface area (Å²) in [5.74, 6) is -0.0240. The van der Waals surface area contributed by atoms with E-state index in [0.29, 0.717) is 13.0 Å². The Balaban J connectivity index is 3.50. The van der Waals surface area contributed by atoms with Gasteiger partial charge >= 0.3 is 0 Å². The van der Waals surface area contributed by atoms with Gasteiger partial charge in [0.2, 0.25) is 0 Å². The van der Waals surface area contributed by atoms with Crippen LogP contribution in [-0.4, -0.2) is 24.7 Å². The van der Waals surface area contributed by atoms with Gasteiger partial charge in [0, 0.05) is 12.8 Å². The molecular weight excluding hydrogens is 168 g/mol. The number of rotatable bonds is 8. The summed E-state index contributed by atoms with van der Waals surface area (Å²) >= 11 is 0. The maximum atomic E-state index is 11.2. The number of aldehydes is 1. The smallest absolute Gasteiger partial charge is 0.149 e. The highest BCUT2D eigenvalue weighted by Crippen LogP contribution is 2.02. The van der Waals surface area contributed by atoms with E-state index in [9.17, 15) is 9.59 Å². The summed E-state index contributed by atoms with van der Waals surface area (Å²) < 4.78 is 0. The van der Waals surface area contributed by atoms with Crippen LogP contribution in [0.25, 0.3) is 0 Å². The zero-order valence-electron chi connectivity index (χ0n) is 7.87. The zero-order valence-corrected chi connectivity index (χ0v) is 7.87.